The number of aryl methyl sites for hydroxylation is 1. The number of aromatic nitrogens is 1. The number of hydrogen-bond donors (Lipinski definition) is 1. The minimum Gasteiger partial charge on any atom is -0.459 e. The molecular weight excluding hydrogens is 232 g/mol. The molecule has 0 unspecified atom stereocenters. The smallest absolute Gasteiger partial charge is 0.397 e. The molecule has 0 bridgehead atoms. The van der Waals surface area contributed by atoms with Crippen molar-refractivity contribution in [3.8, 4) is 0 Å². The molecule has 1 aromatic carbocycles. The summed E-state index contributed by atoms with van der Waals surface area (Å²) >= 11 is 0. The van der Waals surface area contributed by atoms with Crippen molar-refractivity contribution in [2.45, 2.75) is 6.92 Å². The van der Waals surface area contributed by atoms with Crippen LogP contribution >= 0.6 is 0 Å². The molecule has 2 rings (SSSR count). The fraction of sp³-hybridized carbons (Fsp3) is 0.231. The summed E-state index contributed by atoms with van der Waals surface area (Å²) in [6.07, 6.45) is 1.77. The second kappa shape index (κ2) is 4.91. The highest BCUT2D eigenvalue weighted by Gasteiger charge is 2.17. The quantitative estimate of drug-likeness (QED) is 0.647. The number of fused-ring (bicyclic) bond motifs is 1. The molecule has 5 heteroatoms. The van der Waals surface area contributed by atoms with Gasteiger partial charge in [-0.15, -0.1) is 0 Å². The zero-order valence-corrected chi connectivity index (χ0v) is 10.3. The highest BCUT2D eigenvalue weighted by atomic mass is 16.5. The number of nitrogens with zero attached hydrogens (tertiary/aromatic N) is 1. The molecule has 18 heavy (non-hydrogen) atoms. The Balaban J connectivity index is 2.27. The van der Waals surface area contributed by atoms with E-state index >= 15 is 0 Å². The molecule has 1 aromatic heterocycles. The van der Waals surface area contributed by atoms with Crippen molar-refractivity contribution in [1.29, 1.82) is 0 Å². The molecule has 0 saturated heterocycles. The summed E-state index contributed by atoms with van der Waals surface area (Å²) in [5.74, 6) is -1.63. The second-order valence-electron chi connectivity index (χ2n) is 3.85. The normalized spacial score (nSPS) is 10.3. The molecule has 0 radical (unpaired) electrons. The second-order valence-corrected chi connectivity index (χ2v) is 3.85. The number of esters is 1. The topological polar surface area (TPSA) is 60.3 Å². The average molecular weight is 246 g/mol. The first-order chi connectivity index (χ1) is 8.63. The number of para-hydroxylation sites is 1. The van der Waals surface area contributed by atoms with Gasteiger partial charge in [-0.05, 0) is 13.0 Å². The molecule has 1 N–H and O–H groups in total. The van der Waals surface area contributed by atoms with Crippen LogP contribution in [0.3, 0.4) is 0 Å². The predicted molar refractivity (Wildman–Crippen MR) is 68.2 cm³/mol. The number of nitrogens with one attached hydrogen (secondary N) is 1. The van der Waals surface area contributed by atoms with Crippen molar-refractivity contribution >= 4 is 28.5 Å². The van der Waals surface area contributed by atoms with Crippen LogP contribution in [0.25, 0.3) is 10.9 Å². The van der Waals surface area contributed by atoms with Gasteiger partial charge in [0, 0.05) is 24.1 Å². The summed E-state index contributed by atoms with van der Waals surface area (Å²) in [6.45, 7) is 1.84. The fourth-order valence-electron chi connectivity index (χ4n) is 1.81. The molecule has 1 heterocycles. The van der Waals surface area contributed by atoms with Crippen molar-refractivity contribution in [2.75, 3.05) is 11.9 Å². The minimum atomic E-state index is -0.870. The Morgan fingerprint density at radius 2 is 2.06 bits per heavy atom. The predicted octanol–water partition coefficient (Wildman–Crippen LogP) is 1.68. The third kappa shape index (κ3) is 2.20. The van der Waals surface area contributed by atoms with Gasteiger partial charge in [0.25, 0.3) is 0 Å². The number of amides is 1. The van der Waals surface area contributed by atoms with Gasteiger partial charge in [0.2, 0.25) is 0 Å². The van der Waals surface area contributed by atoms with Gasteiger partial charge in [-0.25, -0.2) is 4.79 Å². The van der Waals surface area contributed by atoms with Crippen LogP contribution < -0.4 is 5.32 Å². The van der Waals surface area contributed by atoms with E-state index in [4.69, 9.17) is 0 Å². The number of hydrogen-bond acceptors (Lipinski definition) is 3. The molecule has 0 saturated carbocycles. The molecule has 0 fully saturated rings. The van der Waals surface area contributed by atoms with E-state index in [0.29, 0.717) is 5.69 Å². The molecule has 2 aromatic rings. The molecule has 5 nitrogen and oxygen atoms in total. The lowest BCUT2D eigenvalue weighted by atomic mass is 10.2. The summed E-state index contributed by atoms with van der Waals surface area (Å²) in [5, 5.41) is 3.44. The van der Waals surface area contributed by atoms with Crippen LogP contribution in [-0.4, -0.2) is 23.1 Å². The molecule has 0 spiro atoms. The number of benzene rings is 1. The van der Waals surface area contributed by atoms with Crippen LogP contribution in [0.4, 0.5) is 5.69 Å². The van der Waals surface area contributed by atoms with E-state index in [2.05, 4.69) is 10.1 Å². The molecule has 94 valence electrons. The van der Waals surface area contributed by atoms with Gasteiger partial charge in [0.05, 0.1) is 12.3 Å². The van der Waals surface area contributed by atoms with Crippen LogP contribution in [0.15, 0.2) is 30.5 Å². The van der Waals surface area contributed by atoms with Crippen molar-refractivity contribution in [1.82, 2.24) is 4.57 Å². The lowest BCUT2D eigenvalue weighted by Gasteiger charge is -2.02. The van der Waals surface area contributed by atoms with Gasteiger partial charge in [-0.3, -0.25) is 4.79 Å². The van der Waals surface area contributed by atoms with Crippen molar-refractivity contribution in [3.63, 3.8) is 0 Å². The first kappa shape index (κ1) is 12.2. The van der Waals surface area contributed by atoms with Crippen molar-refractivity contribution < 1.29 is 14.3 Å². The van der Waals surface area contributed by atoms with E-state index in [1.54, 1.807) is 13.1 Å². The van der Waals surface area contributed by atoms with Crippen LogP contribution in [-0.2, 0) is 21.4 Å². The highest BCUT2D eigenvalue weighted by Crippen LogP contribution is 2.24. The standard InChI is InChI=1S/C13H14N2O3/c1-3-18-13(17)12(16)14-10-8-15(2)11-7-5-4-6-9(10)11/h4-8H,3H2,1-2H3,(H,14,16). The number of carbonyl (C=O) groups is 2. The molecule has 1 amide bonds. The van der Waals surface area contributed by atoms with Crippen molar-refractivity contribution in [2.24, 2.45) is 7.05 Å². The van der Waals surface area contributed by atoms with Crippen LogP contribution in [0.2, 0.25) is 0 Å². The molecular formula is C13H14N2O3. The summed E-state index contributed by atoms with van der Waals surface area (Å²) in [5.41, 5.74) is 1.59. The van der Waals surface area contributed by atoms with E-state index in [1.807, 2.05) is 35.9 Å². The maximum atomic E-state index is 11.6. The number of carbonyl (C=O) groups excluding carboxylic acids is 2. The van der Waals surface area contributed by atoms with E-state index in [0.717, 1.165) is 10.9 Å². The lowest BCUT2D eigenvalue weighted by molar-refractivity contribution is -0.152. The minimum absolute atomic E-state index is 0.182. The van der Waals surface area contributed by atoms with E-state index in [9.17, 15) is 9.59 Å². The SMILES string of the molecule is CCOC(=O)C(=O)Nc1cn(C)c2ccccc12. The number of anilines is 1. The van der Waals surface area contributed by atoms with Gasteiger partial charge in [-0.2, -0.15) is 0 Å². The highest BCUT2D eigenvalue weighted by molar-refractivity contribution is 6.38. The van der Waals surface area contributed by atoms with Gasteiger partial charge < -0.3 is 14.6 Å². The summed E-state index contributed by atoms with van der Waals surface area (Å²) < 4.78 is 6.52. The molecule has 0 aliphatic heterocycles. The Morgan fingerprint density at radius 3 is 2.78 bits per heavy atom. The van der Waals surface area contributed by atoms with E-state index in [1.165, 1.54) is 0 Å². The number of rotatable bonds is 2. The largest absolute Gasteiger partial charge is 0.459 e. The summed E-state index contributed by atoms with van der Waals surface area (Å²) in [4.78, 5) is 22.8. The fourth-order valence-corrected chi connectivity index (χ4v) is 1.81. The Kier molecular flexibility index (Phi) is 3.32. The maximum absolute atomic E-state index is 11.6. The lowest BCUT2D eigenvalue weighted by Crippen LogP contribution is -2.24. The van der Waals surface area contributed by atoms with Crippen LogP contribution in [0, 0.1) is 0 Å². The first-order valence-electron chi connectivity index (χ1n) is 5.65. The molecule has 0 atom stereocenters. The van der Waals surface area contributed by atoms with Crippen molar-refractivity contribution in [3.05, 3.63) is 30.5 Å². The molecule has 0 aliphatic rings. The monoisotopic (exact) mass is 246 g/mol. The Bertz CT molecular complexity index is 601. The third-order valence-corrected chi connectivity index (χ3v) is 2.61. The third-order valence-electron chi connectivity index (χ3n) is 2.61. The average Bonchev–Trinajstić information content (AvgIpc) is 2.67. The number of ether oxygens (including phenoxy) is 1. The summed E-state index contributed by atoms with van der Waals surface area (Å²) in [6, 6.07) is 7.62. The molecule has 0 aliphatic carbocycles. The van der Waals surface area contributed by atoms with E-state index in [-0.39, 0.29) is 6.61 Å². The van der Waals surface area contributed by atoms with Gasteiger partial charge in [0.15, 0.2) is 0 Å². The first-order valence-corrected chi connectivity index (χ1v) is 5.65. The maximum Gasteiger partial charge on any atom is 0.397 e. The zero-order valence-electron chi connectivity index (χ0n) is 10.3. The Labute approximate surface area is 104 Å². The Hall–Kier alpha value is -2.30. The van der Waals surface area contributed by atoms with Crippen LogP contribution in [0.1, 0.15) is 6.92 Å². The van der Waals surface area contributed by atoms with Gasteiger partial charge in [-0.1, -0.05) is 18.2 Å². The summed E-state index contributed by atoms with van der Waals surface area (Å²) in [7, 11) is 1.88. The Morgan fingerprint density at radius 1 is 1.33 bits per heavy atom. The zero-order chi connectivity index (χ0) is 13.1. The van der Waals surface area contributed by atoms with Crippen LogP contribution in [0.5, 0.6) is 0 Å². The van der Waals surface area contributed by atoms with E-state index < -0.39 is 11.9 Å². The van der Waals surface area contributed by atoms with Gasteiger partial charge >= 0.3 is 11.9 Å². The van der Waals surface area contributed by atoms with Gasteiger partial charge in [0.1, 0.15) is 0 Å².